The first-order valence-corrected chi connectivity index (χ1v) is 7.55. The van der Waals surface area contributed by atoms with Crippen LogP contribution in [0.2, 0.25) is 5.02 Å². The Labute approximate surface area is 136 Å². The van der Waals surface area contributed by atoms with Crippen molar-refractivity contribution in [1.29, 1.82) is 0 Å². The van der Waals surface area contributed by atoms with Gasteiger partial charge in [-0.25, -0.2) is 0 Å². The highest BCUT2D eigenvalue weighted by Crippen LogP contribution is 2.27. The van der Waals surface area contributed by atoms with Gasteiger partial charge in [0.25, 0.3) is 0 Å². The molecule has 0 fully saturated rings. The van der Waals surface area contributed by atoms with Crippen molar-refractivity contribution in [3.8, 4) is 5.75 Å². The zero-order chi connectivity index (χ0) is 16.1. The summed E-state index contributed by atoms with van der Waals surface area (Å²) in [6.07, 6.45) is 3.40. The fourth-order valence-electron chi connectivity index (χ4n) is 2.19. The number of ether oxygens (including phenoxy) is 1. The van der Waals surface area contributed by atoms with Crippen LogP contribution in [-0.2, 0) is 0 Å². The first-order valence-electron chi connectivity index (χ1n) is 7.17. The SMILES string of the molecule is COc1ccc(/C=C/C(=O)c2ccc(Cl)cc2)cc1C(C)C. The molecule has 0 aliphatic rings. The van der Waals surface area contributed by atoms with Crippen molar-refractivity contribution >= 4 is 23.5 Å². The minimum absolute atomic E-state index is 0.0430. The molecule has 2 aromatic carbocycles. The topological polar surface area (TPSA) is 26.3 Å². The number of allylic oxidation sites excluding steroid dienone is 1. The van der Waals surface area contributed by atoms with Crippen molar-refractivity contribution in [3.63, 3.8) is 0 Å². The summed E-state index contributed by atoms with van der Waals surface area (Å²) in [6.45, 7) is 4.23. The summed E-state index contributed by atoms with van der Waals surface area (Å²) >= 11 is 5.82. The lowest BCUT2D eigenvalue weighted by Crippen LogP contribution is -1.95. The summed E-state index contributed by atoms with van der Waals surface area (Å²) in [5.74, 6) is 1.19. The number of halogens is 1. The van der Waals surface area contributed by atoms with Gasteiger partial charge < -0.3 is 4.74 Å². The maximum absolute atomic E-state index is 12.1. The molecule has 0 aliphatic heterocycles. The van der Waals surface area contributed by atoms with Crippen LogP contribution < -0.4 is 4.74 Å². The Balaban J connectivity index is 2.21. The molecule has 0 saturated heterocycles. The largest absolute Gasteiger partial charge is 0.496 e. The first kappa shape index (κ1) is 16.3. The van der Waals surface area contributed by atoms with E-state index < -0.39 is 0 Å². The lowest BCUT2D eigenvalue weighted by atomic mass is 9.99. The number of ketones is 1. The minimum atomic E-state index is -0.0430. The van der Waals surface area contributed by atoms with E-state index in [4.69, 9.17) is 16.3 Å². The molecule has 2 rings (SSSR count). The highest BCUT2D eigenvalue weighted by Gasteiger charge is 2.07. The number of hydrogen-bond acceptors (Lipinski definition) is 2. The van der Waals surface area contributed by atoms with E-state index in [1.165, 1.54) is 0 Å². The number of hydrogen-bond donors (Lipinski definition) is 0. The minimum Gasteiger partial charge on any atom is -0.496 e. The van der Waals surface area contributed by atoms with Crippen LogP contribution in [0.4, 0.5) is 0 Å². The van der Waals surface area contributed by atoms with Gasteiger partial charge in [0.05, 0.1) is 7.11 Å². The fourth-order valence-corrected chi connectivity index (χ4v) is 2.32. The molecule has 0 atom stereocenters. The van der Waals surface area contributed by atoms with Crippen LogP contribution in [-0.4, -0.2) is 12.9 Å². The second-order valence-electron chi connectivity index (χ2n) is 5.36. The van der Waals surface area contributed by atoms with Crippen LogP contribution in [0, 0.1) is 0 Å². The number of carbonyl (C=O) groups is 1. The smallest absolute Gasteiger partial charge is 0.185 e. The molecule has 0 aliphatic carbocycles. The predicted molar refractivity (Wildman–Crippen MR) is 91.9 cm³/mol. The molecule has 2 aromatic rings. The van der Waals surface area contributed by atoms with Crippen LogP contribution in [0.1, 0.15) is 41.3 Å². The van der Waals surface area contributed by atoms with Crippen LogP contribution in [0.15, 0.2) is 48.5 Å². The van der Waals surface area contributed by atoms with Gasteiger partial charge in [-0.3, -0.25) is 4.79 Å². The molecule has 114 valence electrons. The molecular formula is C19H19ClO2. The zero-order valence-corrected chi connectivity index (χ0v) is 13.7. The number of methoxy groups -OCH3 is 1. The monoisotopic (exact) mass is 314 g/mol. The van der Waals surface area contributed by atoms with Gasteiger partial charge >= 0.3 is 0 Å². The number of benzene rings is 2. The van der Waals surface area contributed by atoms with E-state index in [0.29, 0.717) is 16.5 Å². The van der Waals surface area contributed by atoms with Crippen molar-refractivity contribution in [3.05, 3.63) is 70.3 Å². The van der Waals surface area contributed by atoms with Gasteiger partial charge in [0.2, 0.25) is 0 Å². The van der Waals surface area contributed by atoms with E-state index in [0.717, 1.165) is 16.9 Å². The Bertz CT molecular complexity index is 685. The molecular weight excluding hydrogens is 296 g/mol. The maximum atomic E-state index is 12.1. The molecule has 0 unspecified atom stereocenters. The van der Waals surface area contributed by atoms with Crippen molar-refractivity contribution < 1.29 is 9.53 Å². The van der Waals surface area contributed by atoms with Crippen molar-refractivity contribution in [2.45, 2.75) is 19.8 Å². The third-order valence-electron chi connectivity index (χ3n) is 3.43. The van der Waals surface area contributed by atoms with Crippen LogP contribution in [0.3, 0.4) is 0 Å². The third-order valence-corrected chi connectivity index (χ3v) is 3.68. The van der Waals surface area contributed by atoms with Crippen LogP contribution >= 0.6 is 11.6 Å². The predicted octanol–water partition coefficient (Wildman–Crippen LogP) is 5.37. The van der Waals surface area contributed by atoms with Crippen molar-refractivity contribution in [2.75, 3.05) is 7.11 Å². The fraction of sp³-hybridized carbons (Fsp3) is 0.211. The normalized spacial score (nSPS) is 11.1. The average molecular weight is 315 g/mol. The molecule has 0 N–H and O–H groups in total. The lowest BCUT2D eigenvalue weighted by Gasteiger charge is -2.12. The van der Waals surface area contributed by atoms with Crippen molar-refractivity contribution in [1.82, 2.24) is 0 Å². The molecule has 0 radical (unpaired) electrons. The van der Waals surface area contributed by atoms with Gasteiger partial charge in [0.15, 0.2) is 5.78 Å². The van der Waals surface area contributed by atoms with E-state index in [9.17, 15) is 4.79 Å². The second-order valence-corrected chi connectivity index (χ2v) is 5.80. The van der Waals surface area contributed by atoms with Crippen LogP contribution in [0.5, 0.6) is 5.75 Å². The molecule has 3 heteroatoms. The van der Waals surface area contributed by atoms with Crippen molar-refractivity contribution in [2.24, 2.45) is 0 Å². The van der Waals surface area contributed by atoms with E-state index in [1.807, 2.05) is 18.2 Å². The highest BCUT2D eigenvalue weighted by atomic mass is 35.5. The summed E-state index contributed by atoms with van der Waals surface area (Å²) < 4.78 is 5.36. The standard InChI is InChI=1S/C19H19ClO2/c1-13(2)17-12-14(5-11-19(17)22-3)4-10-18(21)15-6-8-16(20)9-7-15/h4-13H,1-3H3/b10-4+. The molecule has 22 heavy (non-hydrogen) atoms. The Kier molecular flexibility index (Phi) is 5.40. The van der Waals surface area contributed by atoms with E-state index in [2.05, 4.69) is 19.9 Å². The first-order chi connectivity index (χ1) is 10.5. The Morgan fingerprint density at radius 2 is 1.82 bits per heavy atom. The third kappa shape index (κ3) is 3.99. The number of carbonyl (C=O) groups excluding carboxylic acids is 1. The molecule has 0 aromatic heterocycles. The van der Waals surface area contributed by atoms with Gasteiger partial charge in [0, 0.05) is 10.6 Å². The van der Waals surface area contributed by atoms with E-state index >= 15 is 0 Å². The summed E-state index contributed by atoms with van der Waals surface area (Å²) in [5, 5.41) is 0.622. The molecule has 0 bridgehead atoms. The van der Waals surface area contributed by atoms with Gasteiger partial charge in [-0.15, -0.1) is 0 Å². The zero-order valence-electron chi connectivity index (χ0n) is 13.0. The van der Waals surface area contributed by atoms with E-state index in [-0.39, 0.29) is 5.78 Å². The maximum Gasteiger partial charge on any atom is 0.185 e. The van der Waals surface area contributed by atoms with Gasteiger partial charge in [-0.2, -0.15) is 0 Å². The Hall–Kier alpha value is -2.06. The quantitative estimate of drug-likeness (QED) is 0.548. The lowest BCUT2D eigenvalue weighted by molar-refractivity contribution is 0.104. The molecule has 0 amide bonds. The van der Waals surface area contributed by atoms with Crippen LogP contribution in [0.25, 0.3) is 6.08 Å². The summed E-state index contributed by atoms with van der Waals surface area (Å²) in [7, 11) is 1.67. The van der Waals surface area contributed by atoms with Gasteiger partial charge in [-0.1, -0.05) is 37.6 Å². The summed E-state index contributed by atoms with van der Waals surface area (Å²) in [5.41, 5.74) is 2.73. The molecule has 0 saturated carbocycles. The van der Waals surface area contributed by atoms with Gasteiger partial charge in [-0.05, 0) is 59.5 Å². The van der Waals surface area contributed by atoms with E-state index in [1.54, 1.807) is 37.5 Å². The molecule has 0 spiro atoms. The van der Waals surface area contributed by atoms with Gasteiger partial charge in [0.1, 0.15) is 5.75 Å². The molecule has 2 nitrogen and oxygen atoms in total. The molecule has 0 heterocycles. The second kappa shape index (κ2) is 7.28. The average Bonchev–Trinajstić information content (AvgIpc) is 2.53. The Morgan fingerprint density at radius 3 is 2.41 bits per heavy atom. The summed E-state index contributed by atoms with van der Waals surface area (Å²) in [4.78, 5) is 12.1. The number of rotatable bonds is 5. The summed E-state index contributed by atoms with van der Waals surface area (Å²) in [6, 6.07) is 12.8. The Morgan fingerprint density at radius 1 is 1.14 bits per heavy atom. The highest BCUT2D eigenvalue weighted by molar-refractivity contribution is 6.30.